The van der Waals surface area contributed by atoms with Gasteiger partial charge in [0.2, 0.25) is 5.82 Å². The molecule has 202 valence electrons. The quantitative estimate of drug-likeness (QED) is 0.494. The summed E-state index contributed by atoms with van der Waals surface area (Å²) >= 11 is 5.80. The summed E-state index contributed by atoms with van der Waals surface area (Å²) in [5.41, 5.74) is 0.475. The van der Waals surface area contributed by atoms with E-state index in [0.717, 1.165) is 0 Å². The molecule has 0 unspecified atom stereocenters. The van der Waals surface area contributed by atoms with Crippen molar-refractivity contribution >= 4 is 23.6 Å². The van der Waals surface area contributed by atoms with E-state index in [2.05, 4.69) is 30.7 Å². The number of nitrogens with zero attached hydrogens (tertiary/aromatic N) is 7. The zero-order valence-electron chi connectivity index (χ0n) is 21.4. The molecule has 14 heteroatoms. The molecule has 4 rings (SSSR count). The molecule has 3 heterocycles. The van der Waals surface area contributed by atoms with Gasteiger partial charge < -0.3 is 19.7 Å². The van der Waals surface area contributed by atoms with E-state index in [4.69, 9.17) is 21.1 Å². The third kappa shape index (κ3) is 7.19. The van der Waals surface area contributed by atoms with E-state index in [0.29, 0.717) is 36.8 Å². The molecule has 0 saturated carbocycles. The minimum absolute atomic E-state index is 0.0257. The number of benzene rings is 1. The highest BCUT2D eigenvalue weighted by Gasteiger charge is 2.29. The molecule has 1 saturated heterocycles. The summed E-state index contributed by atoms with van der Waals surface area (Å²) in [5.74, 6) is -0.441. The molecule has 12 nitrogen and oxygen atoms in total. The van der Waals surface area contributed by atoms with Crippen LogP contribution >= 0.6 is 11.6 Å². The molecule has 1 N–H and O–H groups in total. The molecule has 3 aromatic rings. The predicted octanol–water partition coefficient (Wildman–Crippen LogP) is 2.80. The van der Waals surface area contributed by atoms with Crippen molar-refractivity contribution in [2.45, 2.75) is 52.5 Å². The highest BCUT2D eigenvalue weighted by Crippen LogP contribution is 2.17. The highest BCUT2D eigenvalue weighted by molar-refractivity contribution is 6.30. The number of amides is 2. The summed E-state index contributed by atoms with van der Waals surface area (Å²) in [5, 5.41) is 15.2. The number of halogens is 2. The SMILES string of the molecule is Cc1nc(C(=O)NCc2ccc(F)c(Cl)c2)cc(-c2nnn(C[C@@H]3CN(C(=O)OC(C)(C)C)CCO3)n2)n1. The fourth-order valence-electron chi connectivity index (χ4n) is 3.65. The summed E-state index contributed by atoms with van der Waals surface area (Å²) in [4.78, 5) is 36.6. The van der Waals surface area contributed by atoms with Crippen molar-refractivity contribution in [1.82, 2.24) is 40.4 Å². The van der Waals surface area contributed by atoms with Crippen LogP contribution in [-0.4, -0.2) is 78.5 Å². The van der Waals surface area contributed by atoms with E-state index in [1.54, 1.807) is 11.8 Å². The predicted molar refractivity (Wildman–Crippen MR) is 134 cm³/mol. The molecule has 1 aliphatic rings. The smallest absolute Gasteiger partial charge is 0.410 e. The molecular formula is C24H28ClFN8O4. The largest absolute Gasteiger partial charge is 0.444 e. The second-order valence-electron chi connectivity index (χ2n) is 9.70. The van der Waals surface area contributed by atoms with Gasteiger partial charge in [-0.1, -0.05) is 17.7 Å². The van der Waals surface area contributed by atoms with Gasteiger partial charge in [-0.3, -0.25) is 4.79 Å². The maximum absolute atomic E-state index is 13.4. The maximum Gasteiger partial charge on any atom is 0.410 e. The first-order chi connectivity index (χ1) is 18.0. The Morgan fingerprint density at radius 2 is 2.05 bits per heavy atom. The van der Waals surface area contributed by atoms with Crippen LogP contribution < -0.4 is 5.32 Å². The van der Waals surface area contributed by atoms with E-state index in [1.807, 2.05) is 20.8 Å². The zero-order valence-corrected chi connectivity index (χ0v) is 22.2. The summed E-state index contributed by atoms with van der Waals surface area (Å²) in [6.07, 6.45) is -0.755. The normalized spacial score (nSPS) is 15.8. The molecule has 0 bridgehead atoms. The number of hydrogen-bond donors (Lipinski definition) is 1. The maximum atomic E-state index is 13.4. The number of nitrogens with one attached hydrogen (secondary N) is 1. The average Bonchev–Trinajstić information content (AvgIpc) is 3.32. The molecule has 38 heavy (non-hydrogen) atoms. The van der Waals surface area contributed by atoms with Crippen molar-refractivity contribution in [1.29, 1.82) is 0 Å². The monoisotopic (exact) mass is 546 g/mol. The topological polar surface area (TPSA) is 137 Å². The van der Waals surface area contributed by atoms with Crippen LogP contribution in [0.3, 0.4) is 0 Å². The van der Waals surface area contributed by atoms with Crippen LogP contribution in [0.5, 0.6) is 0 Å². The Bertz CT molecular complexity index is 1330. The fraction of sp³-hybridized carbons (Fsp3) is 0.458. The standard InChI is InChI=1S/C24H28ClFN8O4/c1-14-28-19(10-20(29-14)22(35)27-11-15-5-6-18(26)17(25)9-15)21-30-32-34(31-21)13-16-12-33(7-8-37-16)23(36)38-24(2,3)4/h5-6,9-10,16H,7-8,11-13H2,1-4H3,(H,27,35)/t16-/m0/s1. The number of hydrogen-bond acceptors (Lipinski definition) is 9. The van der Waals surface area contributed by atoms with Gasteiger partial charge in [0.15, 0.2) is 0 Å². The lowest BCUT2D eigenvalue weighted by Gasteiger charge is -2.33. The number of aromatic nitrogens is 6. The van der Waals surface area contributed by atoms with Gasteiger partial charge in [-0.05, 0) is 56.7 Å². The summed E-state index contributed by atoms with van der Waals surface area (Å²) < 4.78 is 24.6. The Morgan fingerprint density at radius 1 is 1.26 bits per heavy atom. The van der Waals surface area contributed by atoms with E-state index in [1.165, 1.54) is 29.1 Å². The van der Waals surface area contributed by atoms with E-state index in [-0.39, 0.29) is 35.7 Å². The zero-order chi connectivity index (χ0) is 27.4. The van der Waals surface area contributed by atoms with E-state index < -0.39 is 23.4 Å². The van der Waals surface area contributed by atoms with Gasteiger partial charge in [0, 0.05) is 13.1 Å². The second kappa shape index (κ2) is 11.4. The molecule has 0 spiro atoms. The summed E-state index contributed by atoms with van der Waals surface area (Å²) in [6.45, 7) is 8.59. The lowest BCUT2D eigenvalue weighted by atomic mass is 10.2. The Balaban J connectivity index is 1.40. The number of aryl methyl sites for hydroxylation is 1. The highest BCUT2D eigenvalue weighted by atomic mass is 35.5. The van der Waals surface area contributed by atoms with E-state index in [9.17, 15) is 14.0 Å². The van der Waals surface area contributed by atoms with Crippen LogP contribution in [-0.2, 0) is 22.6 Å². The molecule has 1 aromatic carbocycles. The number of tetrazole rings is 1. The van der Waals surface area contributed by atoms with Gasteiger partial charge in [0.05, 0.1) is 30.8 Å². The van der Waals surface area contributed by atoms with Crippen LogP contribution in [0.15, 0.2) is 24.3 Å². The first-order valence-electron chi connectivity index (χ1n) is 11.9. The number of ether oxygens (including phenoxy) is 2. The molecule has 1 fully saturated rings. The summed E-state index contributed by atoms with van der Waals surface area (Å²) in [7, 11) is 0. The Morgan fingerprint density at radius 3 is 2.79 bits per heavy atom. The Kier molecular flexibility index (Phi) is 8.17. The number of carbonyl (C=O) groups is 2. The first kappa shape index (κ1) is 27.3. The van der Waals surface area contributed by atoms with Gasteiger partial charge in [0.25, 0.3) is 5.91 Å². The van der Waals surface area contributed by atoms with Crippen molar-refractivity contribution < 1.29 is 23.5 Å². The van der Waals surface area contributed by atoms with Crippen molar-refractivity contribution in [3.05, 3.63) is 52.2 Å². The molecule has 1 atom stereocenters. The first-order valence-corrected chi connectivity index (χ1v) is 12.3. The number of rotatable bonds is 6. The number of morpholine rings is 1. The van der Waals surface area contributed by atoms with Crippen LogP contribution in [0.1, 0.15) is 42.6 Å². The minimum Gasteiger partial charge on any atom is -0.444 e. The van der Waals surface area contributed by atoms with E-state index >= 15 is 0 Å². The van der Waals surface area contributed by atoms with Gasteiger partial charge >= 0.3 is 6.09 Å². The molecule has 0 aliphatic carbocycles. The van der Waals surface area contributed by atoms with Crippen LogP contribution in [0.25, 0.3) is 11.5 Å². The van der Waals surface area contributed by atoms with Crippen LogP contribution in [0, 0.1) is 12.7 Å². The summed E-state index contributed by atoms with van der Waals surface area (Å²) in [6, 6.07) is 5.67. The van der Waals surface area contributed by atoms with Crippen LogP contribution in [0.4, 0.5) is 9.18 Å². The van der Waals surface area contributed by atoms with Crippen molar-refractivity contribution in [2.75, 3.05) is 19.7 Å². The van der Waals surface area contributed by atoms with Crippen molar-refractivity contribution in [3.63, 3.8) is 0 Å². The second-order valence-corrected chi connectivity index (χ2v) is 10.1. The third-order valence-corrected chi connectivity index (χ3v) is 5.64. The van der Waals surface area contributed by atoms with Crippen molar-refractivity contribution in [3.8, 4) is 11.5 Å². The molecule has 0 radical (unpaired) electrons. The van der Waals surface area contributed by atoms with Gasteiger partial charge in [0.1, 0.15) is 28.6 Å². The molecule has 2 aromatic heterocycles. The number of carbonyl (C=O) groups excluding carboxylic acids is 2. The lowest BCUT2D eigenvalue weighted by molar-refractivity contribution is -0.0497. The Hall–Kier alpha value is -3.71. The van der Waals surface area contributed by atoms with Gasteiger partial charge in [-0.2, -0.15) is 4.80 Å². The van der Waals surface area contributed by atoms with Gasteiger partial charge in [-0.25, -0.2) is 19.2 Å². The molecular weight excluding hydrogens is 519 g/mol. The molecule has 1 aliphatic heterocycles. The lowest BCUT2D eigenvalue weighted by Crippen LogP contribution is -2.48. The average molecular weight is 547 g/mol. The fourth-order valence-corrected chi connectivity index (χ4v) is 3.85. The Labute approximate surface area is 223 Å². The minimum atomic E-state index is -0.590. The van der Waals surface area contributed by atoms with Crippen LogP contribution in [0.2, 0.25) is 5.02 Å². The molecule has 2 amide bonds. The van der Waals surface area contributed by atoms with Gasteiger partial charge in [-0.15, -0.1) is 10.2 Å². The third-order valence-electron chi connectivity index (χ3n) is 5.35. The van der Waals surface area contributed by atoms with Crippen molar-refractivity contribution in [2.24, 2.45) is 0 Å².